The van der Waals surface area contributed by atoms with Crippen LogP contribution in [0.2, 0.25) is 0 Å². The summed E-state index contributed by atoms with van der Waals surface area (Å²) >= 11 is 0. The summed E-state index contributed by atoms with van der Waals surface area (Å²) in [5.41, 5.74) is 1.59. The van der Waals surface area contributed by atoms with Crippen molar-refractivity contribution in [3.05, 3.63) is 59.8 Å². The number of pyridine rings is 1. The highest BCUT2D eigenvalue weighted by Crippen LogP contribution is 2.40. The molecule has 2 saturated carbocycles. The van der Waals surface area contributed by atoms with Crippen LogP contribution in [0.1, 0.15) is 73.7 Å². The summed E-state index contributed by atoms with van der Waals surface area (Å²) in [6, 6.07) is 12.9. The summed E-state index contributed by atoms with van der Waals surface area (Å²) in [5, 5.41) is 3.07. The van der Waals surface area contributed by atoms with Crippen LogP contribution in [0.15, 0.2) is 48.7 Å². The van der Waals surface area contributed by atoms with E-state index in [0.29, 0.717) is 23.9 Å². The molecule has 0 radical (unpaired) electrons. The van der Waals surface area contributed by atoms with Gasteiger partial charge in [-0.15, -0.1) is 0 Å². The lowest BCUT2D eigenvalue weighted by Crippen LogP contribution is -2.49. The molecule has 3 fully saturated rings. The van der Waals surface area contributed by atoms with E-state index in [1.165, 1.54) is 19.3 Å². The smallest absolute Gasteiger partial charge is 0.254 e. The maximum absolute atomic E-state index is 13.4. The van der Waals surface area contributed by atoms with Crippen molar-refractivity contribution in [1.82, 2.24) is 15.2 Å². The number of amides is 2. The largest absolute Gasteiger partial charge is 0.474 e. The van der Waals surface area contributed by atoms with Gasteiger partial charge in [0.1, 0.15) is 12.1 Å². The third-order valence-corrected chi connectivity index (χ3v) is 7.50. The van der Waals surface area contributed by atoms with Crippen molar-refractivity contribution in [3.63, 3.8) is 0 Å². The number of aromatic nitrogens is 1. The predicted octanol–water partition coefficient (Wildman–Crippen LogP) is 4.49. The standard InChI is InChI=1S/C27H33N3O3/c31-26(29-18-19-14-15-25(28-17-19)33-22-11-5-6-12-22)24-16-21-10-4-7-13-23(21)30(24)27(32)20-8-2-1-3-9-20/h1-3,8-9,14-15,17,21-24H,4-7,10-13,16,18H2,(H,29,31). The molecule has 5 rings (SSSR count). The van der Waals surface area contributed by atoms with Gasteiger partial charge in [-0.25, -0.2) is 4.98 Å². The van der Waals surface area contributed by atoms with E-state index < -0.39 is 6.04 Å². The first-order valence-electron chi connectivity index (χ1n) is 12.5. The van der Waals surface area contributed by atoms with Gasteiger partial charge in [-0.2, -0.15) is 0 Å². The molecule has 0 bridgehead atoms. The van der Waals surface area contributed by atoms with Crippen LogP contribution >= 0.6 is 0 Å². The Morgan fingerprint density at radius 1 is 0.970 bits per heavy atom. The third-order valence-electron chi connectivity index (χ3n) is 7.50. The molecule has 3 unspecified atom stereocenters. The van der Waals surface area contributed by atoms with E-state index in [0.717, 1.165) is 44.1 Å². The van der Waals surface area contributed by atoms with Gasteiger partial charge < -0.3 is 15.0 Å². The van der Waals surface area contributed by atoms with Gasteiger partial charge in [0.05, 0.1) is 0 Å². The fourth-order valence-corrected chi connectivity index (χ4v) is 5.79. The number of nitrogens with zero attached hydrogens (tertiary/aromatic N) is 2. The van der Waals surface area contributed by atoms with Gasteiger partial charge in [0.2, 0.25) is 11.8 Å². The lowest BCUT2D eigenvalue weighted by Gasteiger charge is -2.33. The number of hydrogen-bond donors (Lipinski definition) is 1. The minimum Gasteiger partial charge on any atom is -0.474 e. The molecule has 1 N–H and O–H groups in total. The highest BCUT2D eigenvalue weighted by Gasteiger charge is 2.47. The molecule has 2 amide bonds. The number of nitrogens with one attached hydrogen (secondary N) is 1. The topological polar surface area (TPSA) is 71.5 Å². The Morgan fingerprint density at radius 3 is 2.48 bits per heavy atom. The van der Waals surface area contributed by atoms with Crippen molar-refractivity contribution in [2.75, 3.05) is 0 Å². The predicted molar refractivity (Wildman–Crippen MR) is 126 cm³/mol. The first-order chi connectivity index (χ1) is 16.2. The molecule has 3 aliphatic rings. The summed E-state index contributed by atoms with van der Waals surface area (Å²) in [6.45, 7) is 0.398. The number of benzene rings is 1. The molecular formula is C27H33N3O3. The Balaban J connectivity index is 1.24. The van der Waals surface area contributed by atoms with Crippen molar-refractivity contribution >= 4 is 11.8 Å². The molecule has 2 aliphatic carbocycles. The molecule has 1 saturated heterocycles. The number of ether oxygens (including phenoxy) is 1. The molecule has 0 spiro atoms. The van der Waals surface area contributed by atoms with Gasteiger partial charge in [0.25, 0.3) is 5.91 Å². The average molecular weight is 448 g/mol. The van der Waals surface area contributed by atoms with Crippen LogP contribution < -0.4 is 10.1 Å². The quantitative estimate of drug-likeness (QED) is 0.708. The van der Waals surface area contributed by atoms with Gasteiger partial charge in [-0.1, -0.05) is 37.1 Å². The van der Waals surface area contributed by atoms with Crippen LogP contribution in [0, 0.1) is 5.92 Å². The van der Waals surface area contributed by atoms with Crippen LogP contribution in [-0.2, 0) is 11.3 Å². The van der Waals surface area contributed by atoms with Crippen molar-refractivity contribution in [1.29, 1.82) is 0 Å². The zero-order valence-corrected chi connectivity index (χ0v) is 19.1. The summed E-state index contributed by atoms with van der Waals surface area (Å²) in [4.78, 5) is 32.9. The Labute approximate surface area is 195 Å². The average Bonchev–Trinajstić information content (AvgIpc) is 3.51. The molecule has 2 heterocycles. The van der Waals surface area contributed by atoms with Gasteiger partial charge in [0, 0.05) is 30.4 Å². The van der Waals surface area contributed by atoms with E-state index in [2.05, 4.69) is 10.3 Å². The molecule has 1 aromatic carbocycles. The molecule has 1 aromatic heterocycles. The number of likely N-dealkylation sites (tertiary alicyclic amines) is 1. The first-order valence-corrected chi connectivity index (χ1v) is 12.5. The third kappa shape index (κ3) is 4.90. The molecule has 1 aliphatic heterocycles. The molecule has 2 aromatic rings. The highest BCUT2D eigenvalue weighted by molar-refractivity contribution is 5.98. The Morgan fingerprint density at radius 2 is 1.73 bits per heavy atom. The number of fused-ring (bicyclic) bond motifs is 1. The Bertz CT molecular complexity index is 956. The van der Waals surface area contributed by atoms with Crippen LogP contribution in [0.5, 0.6) is 5.88 Å². The molecule has 33 heavy (non-hydrogen) atoms. The lowest BCUT2D eigenvalue weighted by atomic mass is 9.84. The maximum atomic E-state index is 13.4. The Kier molecular flexibility index (Phi) is 6.60. The van der Waals surface area contributed by atoms with E-state index in [4.69, 9.17) is 4.74 Å². The van der Waals surface area contributed by atoms with E-state index in [1.54, 1.807) is 6.20 Å². The molecular weight excluding hydrogens is 414 g/mol. The van der Waals surface area contributed by atoms with Crippen molar-refractivity contribution < 1.29 is 14.3 Å². The first kappa shape index (κ1) is 21.9. The van der Waals surface area contributed by atoms with E-state index >= 15 is 0 Å². The molecule has 6 nitrogen and oxygen atoms in total. The second-order valence-corrected chi connectivity index (χ2v) is 9.69. The van der Waals surface area contributed by atoms with Crippen LogP contribution in [0.25, 0.3) is 0 Å². The van der Waals surface area contributed by atoms with Crippen molar-refractivity contribution in [3.8, 4) is 5.88 Å². The van der Waals surface area contributed by atoms with E-state index in [1.807, 2.05) is 47.4 Å². The maximum Gasteiger partial charge on any atom is 0.254 e. The molecule has 3 atom stereocenters. The molecule has 174 valence electrons. The number of hydrogen-bond acceptors (Lipinski definition) is 4. The van der Waals surface area contributed by atoms with Gasteiger partial charge in [-0.3, -0.25) is 9.59 Å². The van der Waals surface area contributed by atoms with Gasteiger partial charge in [0.15, 0.2) is 0 Å². The van der Waals surface area contributed by atoms with Crippen LogP contribution in [0.3, 0.4) is 0 Å². The van der Waals surface area contributed by atoms with Gasteiger partial charge in [-0.05, 0) is 68.6 Å². The van der Waals surface area contributed by atoms with E-state index in [-0.39, 0.29) is 24.0 Å². The minimum absolute atomic E-state index is 0.0276. The SMILES string of the molecule is O=C(NCc1ccc(OC2CCCC2)nc1)C1CC2CCCCC2N1C(=O)c1ccccc1. The van der Waals surface area contributed by atoms with Gasteiger partial charge >= 0.3 is 0 Å². The fraction of sp³-hybridized carbons (Fsp3) is 0.519. The minimum atomic E-state index is -0.413. The van der Waals surface area contributed by atoms with Crippen molar-refractivity contribution in [2.45, 2.75) is 82.5 Å². The van der Waals surface area contributed by atoms with Crippen LogP contribution in [0.4, 0.5) is 0 Å². The second kappa shape index (κ2) is 9.94. The highest BCUT2D eigenvalue weighted by atomic mass is 16.5. The zero-order valence-electron chi connectivity index (χ0n) is 19.1. The number of carbonyl (C=O) groups excluding carboxylic acids is 2. The second-order valence-electron chi connectivity index (χ2n) is 9.69. The lowest BCUT2D eigenvalue weighted by molar-refractivity contribution is -0.125. The van der Waals surface area contributed by atoms with E-state index in [9.17, 15) is 9.59 Å². The Hall–Kier alpha value is -2.89. The van der Waals surface area contributed by atoms with Crippen molar-refractivity contribution in [2.24, 2.45) is 5.92 Å². The summed E-state index contributed by atoms with van der Waals surface area (Å²) < 4.78 is 5.93. The monoisotopic (exact) mass is 447 g/mol. The summed E-state index contributed by atoms with van der Waals surface area (Å²) in [7, 11) is 0. The number of rotatable bonds is 6. The summed E-state index contributed by atoms with van der Waals surface area (Å²) in [6.07, 6.45) is 11.8. The zero-order chi connectivity index (χ0) is 22.6. The summed E-state index contributed by atoms with van der Waals surface area (Å²) in [5.74, 6) is 0.965. The number of carbonyl (C=O) groups is 2. The van der Waals surface area contributed by atoms with Crippen LogP contribution in [-0.4, -0.2) is 39.9 Å². The normalized spacial score (nSPS) is 25.0. The fourth-order valence-electron chi connectivity index (χ4n) is 5.79. The molecule has 6 heteroatoms.